The van der Waals surface area contributed by atoms with Gasteiger partial charge in [-0.3, -0.25) is 4.98 Å². The second-order valence-electron chi connectivity index (χ2n) is 4.77. The molecule has 4 heteroatoms. The summed E-state index contributed by atoms with van der Waals surface area (Å²) in [5.41, 5.74) is 3.43. The quantitative estimate of drug-likeness (QED) is 0.599. The topological polar surface area (TPSA) is 34.1 Å². The van der Waals surface area contributed by atoms with Gasteiger partial charge < -0.3 is 10.1 Å². The van der Waals surface area contributed by atoms with E-state index >= 15 is 0 Å². The van der Waals surface area contributed by atoms with Crippen LogP contribution in [0.15, 0.2) is 30.3 Å². The van der Waals surface area contributed by atoms with Crippen LogP contribution in [0.1, 0.15) is 17.7 Å². The van der Waals surface area contributed by atoms with Crippen LogP contribution in [-0.4, -0.2) is 30.6 Å². The number of para-hydroxylation sites is 1. The molecule has 1 N–H and O–H groups in total. The number of benzene rings is 1. The third-order valence-electron chi connectivity index (χ3n) is 3.11. The van der Waals surface area contributed by atoms with Gasteiger partial charge in [0.1, 0.15) is 0 Å². The highest BCUT2D eigenvalue weighted by Gasteiger charge is 2.02. The first kappa shape index (κ1) is 15.2. The van der Waals surface area contributed by atoms with Crippen LogP contribution < -0.4 is 5.32 Å². The third kappa shape index (κ3) is 4.44. The summed E-state index contributed by atoms with van der Waals surface area (Å²) < 4.78 is 5.34. The van der Waals surface area contributed by atoms with Gasteiger partial charge in [0.15, 0.2) is 0 Å². The van der Waals surface area contributed by atoms with Gasteiger partial charge in [0.05, 0.1) is 12.1 Å². The van der Waals surface area contributed by atoms with Gasteiger partial charge in [-0.25, -0.2) is 0 Å². The fourth-order valence-electron chi connectivity index (χ4n) is 2.22. The zero-order valence-corrected chi connectivity index (χ0v) is 12.6. The number of ether oxygens (including phenoxy) is 1. The molecule has 0 unspecified atom stereocenters. The zero-order chi connectivity index (χ0) is 14.2. The van der Waals surface area contributed by atoms with Crippen LogP contribution >= 0.6 is 11.6 Å². The fraction of sp³-hybridized carbons (Fsp3) is 0.438. The number of rotatable bonds is 8. The molecule has 2 rings (SSSR count). The number of pyridine rings is 1. The molecule has 0 aliphatic heterocycles. The lowest BCUT2D eigenvalue weighted by molar-refractivity contribution is 0.146. The molecule has 0 saturated carbocycles. The minimum absolute atomic E-state index is 0.565. The maximum atomic E-state index is 5.55. The molecular formula is C16H21ClN2O. The zero-order valence-electron chi connectivity index (χ0n) is 11.9. The molecule has 0 atom stereocenters. The maximum absolute atomic E-state index is 5.55. The van der Waals surface area contributed by atoms with E-state index in [0.29, 0.717) is 12.5 Å². The minimum Gasteiger partial charge on any atom is -0.380 e. The van der Waals surface area contributed by atoms with Crippen LogP contribution in [0.5, 0.6) is 0 Å². The van der Waals surface area contributed by atoms with Crippen molar-refractivity contribution in [3.8, 4) is 0 Å². The van der Waals surface area contributed by atoms with Gasteiger partial charge in [0, 0.05) is 30.1 Å². The highest BCUT2D eigenvalue weighted by Crippen LogP contribution is 2.17. The molecular weight excluding hydrogens is 272 g/mol. The van der Waals surface area contributed by atoms with Gasteiger partial charge in [0.2, 0.25) is 0 Å². The van der Waals surface area contributed by atoms with E-state index < -0.39 is 0 Å². The normalized spacial score (nSPS) is 11.1. The Kier molecular flexibility index (Phi) is 6.25. The van der Waals surface area contributed by atoms with E-state index in [1.807, 2.05) is 13.0 Å². The number of nitrogens with one attached hydrogen (secondary N) is 1. The summed E-state index contributed by atoms with van der Waals surface area (Å²) in [6, 6.07) is 10.4. The molecule has 0 spiro atoms. The first-order chi connectivity index (χ1) is 9.81. The smallest absolute Gasteiger partial charge is 0.0708 e. The molecule has 0 aliphatic carbocycles. The summed E-state index contributed by atoms with van der Waals surface area (Å²) in [5.74, 6) is 0.565. The number of halogens is 1. The first-order valence-corrected chi connectivity index (χ1v) is 7.54. The molecule has 0 amide bonds. The lowest BCUT2D eigenvalue weighted by atomic mass is 10.1. The highest BCUT2D eigenvalue weighted by atomic mass is 35.5. The molecule has 1 heterocycles. The molecule has 20 heavy (non-hydrogen) atoms. The van der Waals surface area contributed by atoms with E-state index in [1.54, 1.807) is 0 Å². The van der Waals surface area contributed by atoms with Crippen molar-refractivity contribution in [1.29, 1.82) is 0 Å². The molecule has 0 fully saturated rings. The molecule has 108 valence electrons. The molecule has 0 radical (unpaired) electrons. The van der Waals surface area contributed by atoms with E-state index in [0.717, 1.165) is 37.3 Å². The average molecular weight is 293 g/mol. The summed E-state index contributed by atoms with van der Waals surface area (Å²) in [7, 11) is 0. The Bertz CT molecular complexity index is 545. The Labute approximate surface area is 125 Å². The van der Waals surface area contributed by atoms with Gasteiger partial charge in [-0.05, 0) is 37.6 Å². The number of hydrogen-bond acceptors (Lipinski definition) is 3. The molecule has 1 aromatic heterocycles. The molecule has 0 aliphatic rings. The van der Waals surface area contributed by atoms with Gasteiger partial charge in [-0.1, -0.05) is 18.2 Å². The van der Waals surface area contributed by atoms with Crippen molar-refractivity contribution in [1.82, 2.24) is 10.3 Å². The summed E-state index contributed by atoms with van der Waals surface area (Å²) in [4.78, 5) is 4.55. The van der Waals surface area contributed by atoms with Crippen LogP contribution in [-0.2, 0) is 11.3 Å². The summed E-state index contributed by atoms with van der Waals surface area (Å²) >= 11 is 5.55. The number of aryl methyl sites for hydroxylation is 1. The Balaban J connectivity index is 1.86. The van der Waals surface area contributed by atoms with Crippen molar-refractivity contribution in [2.45, 2.75) is 19.9 Å². The average Bonchev–Trinajstić information content (AvgIpc) is 2.46. The fourth-order valence-corrected chi connectivity index (χ4v) is 2.33. The van der Waals surface area contributed by atoms with E-state index in [4.69, 9.17) is 16.3 Å². The summed E-state index contributed by atoms with van der Waals surface area (Å²) in [6.45, 7) is 5.24. The van der Waals surface area contributed by atoms with E-state index in [9.17, 15) is 0 Å². The Morgan fingerprint density at radius 2 is 2.10 bits per heavy atom. The van der Waals surface area contributed by atoms with Gasteiger partial charge in [-0.2, -0.15) is 0 Å². The second kappa shape index (κ2) is 8.20. The predicted octanol–water partition coefficient (Wildman–Crippen LogP) is 3.28. The largest absolute Gasteiger partial charge is 0.380 e. The highest BCUT2D eigenvalue weighted by molar-refractivity contribution is 6.17. The third-order valence-corrected chi connectivity index (χ3v) is 3.26. The Morgan fingerprint density at radius 1 is 1.25 bits per heavy atom. The van der Waals surface area contributed by atoms with Gasteiger partial charge >= 0.3 is 0 Å². The minimum atomic E-state index is 0.565. The van der Waals surface area contributed by atoms with Crippen molar-refractivity contribution in [2.24, 2.45) is 0 Å². The number of alkyl halides is 1. The number of nitrogens with zero attached hydrogens (tertiary/aromatic N) is 1. The van der Waals surface area contributed by atoms with Gasteiger partial charge in [-0.15, -0.1) is 11.6 Å². The lowest BCUT2D eigenvalue weighted by Gasteiger charge is -2.09. The molecule has 0 saturated heterocycles. The van der Waals surface area contributed by atoms with Crippen LogP contribution in [0.2, 0.25) is 0 Å². The van der Waals surface area contributed by atoms with Crippen LogP contribution in [0.3, 0.4) is 0 Å². The standard InChI is InChI=1S/C16H21ClN2O/c1-13-11-14(12-18-8-4-9-20-10-7-17)15-5-2-3-6-16(15)19-13/h2-3,5-6,11,18H,4,7-10,12H2,1H3. The van der Waals surface area contributed by atoms with Crippen LogP contribution in [0, 0.1) is 6.92 Å². The maximum Gasteiger partial charge on any atom is 0.0708 e. The second-order valence-corrected chi connectivity index (χ2v) is 5.15. The summed E-state index contributed by atoms with van der Waals surface area (Å²) in [5, 5.41) is 4.68. The van der Waals surface area contributed by atoms with Crippen molar-refractivity contribution in [3.05, 3.63) is 41.6 Å². The van der Waals surface area contributed by atoms with E-state index in [1.165, 1.54) is 10.9 Å². The van der Waals surface area contributed by atoms with Crippen molar-refractivity contribution in [2.75, 3.05) is 25.6 Å². The van der Waals surface area contributed by atoms with Gasteiger partial charge in [0.25, 0.3) is 0 Å². The van der Waals surface area contributed by atoms with Crippen LogP contribution in [0.4, 0.5) is 0 Å². The lowest BCUT2D eigenvalue weighted by Crippen LogP contribution is -2.17. The van der Waals surface area contributed by atoms with Crippen molar-refractivity contribution < 1.29 is 4.74 Å². The van der Waals surface area contributed by atoms with Crippen LogP contribution in [0.25, 0.3) is 10.9 Å². The molecule has 3 nitrogen and oxygen atoms in total. The Morgan fingerprint density at radius 3 is 2.95 bits per heavy atom. The first-order valence-electron chi connectivity index (χ1n) is 7.01. The predicted molar refractivity (Wildman–Crippen MR) is 84.3 cm³/mol. The van der Waals surface area contributed by atoms with E-state index in [2.05, 4.69) is 34.6 Å². The Hall–Kier alpha value is -1.16. The number of fused-ring (bicyclic) bond motifs is 1. The van der Waals surface area contributed by atoms with E-state index in [-0.39, 0.29) is 0 Å². The number of hydrogen-bond donors (Lipinski definition) is 1. The van der Waals surface area contributed by atoms with Crippen molar-refractivity contribution >= 4 is 22.5 Å². The monoisotopic (exact) mass is 292 g/mol. The molecule has 1 aromatic carbocycles. The summed E-state index contributed by atoms with van der Waals surface area (Å²) in [6.07, 6.45) is 0.999. The number of aromatic nitrogens is 1. The molecule has 2 aromatic rings. The molecule has 0 bridgehead atoms. The van der Waals surface area contributed by atoms with Crippen molar-refractivity contribution in [3.63, 3.8) is 0 Å². The SMILES string of the molecule is Cc1cc(CNCCCOCCCl)c2ccccc2n1.